The van der Waals surface area contributed by atoms with Crippen LogP contribution in [0, 0.1) is 11.8 Å². The molecule has 3 N–H and O–H groups in total. The molecule has 0 aromatic heterocycles. The molecule has 2 aliphatic rings. The molecule has 4 unspecified atom stereocenters. The maximum absolute atomic E-state index is 11.8. The van der Waals surface area contributed by atoms with E-state index in [2.05, 4.69) is 47.5 Å². The number of hydrogen-bond donors (Lipinski definition) is 2. The van der Waals surface area contributed by atoms with Gasteiger partial charge in [0.1, 0.15) is 11.8 Å². The minimum atomic E-state index is -0.907. The molecule has 5 nitrogen and oxygen atoms in total. The van der Waals surface area contributed by atoms with Crippen molar-refractivity contribution in [2.45, 2.75) is 50.6 Å². The highest BCUT2D eigenvalue weighted by Gasteiger charge is 2.50. The van der Waals surface area contributed by atoms with Crippen LogP contribution in [0.25, 0.3) is 0 Å². The molecule has 1 amide bonds. The van der Waals surface area contributed by atoms with Crippen molar-refractivity contribution in [3.05, 3.63) is 35.9 Å². The molecule has 142 valence electrons. The van der Waals surface area contributed by atoms with E-state index < -0.39 is 5.54 Å². The third-order valence-corrected chi connectivity index (χ3v) is 6.29. The Bertz CT molecular complexity index is 635. The normalized spacial score (nSPS) is 29.5. The number of rotatable bonds is 8. The number of likely N-dealkylation sites (N-methyl/N-ethyl adjacent to an activating group) is 1. The van der Waals surface area contributed by atoms with E-state index in [0.717, 1.165) is 18.7 Å². The maximum Gasteiger partial charge on any atom is 0.234 e. The summed E-state index contributed by atoms with van der Waals surface area (Å²) < 4.78 is 0. The molecule has 0 radical (unpaired) electrons. The lowest BCUT2D eigenvalue weighted by atomic mass is 9.78. The first kappa shape index (κ1) is 19.1. The molecule has 26 heavy (non-hydrogen) atoms. The molecule has 2 bridgehead atoms. The number of hydrogen-bond acceptors (Lipinski definition) is 4. The van der Waals surface area contributed by atoms with Crippen LogP contribution in [-0.2, 0) is 9.59 Å². The van der Waals surface area contributed by atoms with Gasteiger partial charge in [-0.1, -0.05) is 37.3 Å². The molecule has 3 rings (SSSR count). The van der Waals surface area contributed by atoms with Crippen molar-refractivity contribution in [3.63, 3.8) is 0 Å². The van der Waals surface area contributed by atoms with Crippen LogP contribution in [0.1, 0.15) is 44.6 Å². The van der Waals surface area contributed by atoms with E-state index >= 15 is 0 Å². The highest BCUT2D eigenvalue weighted by atomic mass is 16.2. The summed E-state index contributed by atoms with van der Waals surface area (Å²) in [5.41, 5.74) is 5.92. The lowest BCUT2D eigenvalue weighted by molar-refractivity contribution is -0.126. The molecule has 0 spiro atoms. The van der Waals surface area contributed by atoms with E-state index in [-0.39, 0.29) is 12.5 Å². The summed E-state index contributed by atoms with van der Waals surface area (Å²) >= 11 is 0. The summed E-state index contributed by atoms with van der Waals surface area (Å²) in [6.07, 6.45) is 4.69. The van der Waals surface area contributed by atoms with Gasteiger partial charge < -0.3 is 15.8 Å². The van der Waals surface area contributed by atoms with Gasteiger partial charge in [0, 0.05) is 18.5 Å². The van der Waals surface area contributed by atoms with Gasteiger partial charge in [-0.15, -0.1) is 0 Å². The number of fused-ring (bicyclic) bond motifs is 2. The van der Waals surface area contributed by atoms with Crippen LogP contribution in [0.5, 0.6) is 0 Å². The Balaban J connectivity index is 1.83. The largest absolute Gasteiger partial charge is 0.342 e. The van der Waals surface area contributed by atoms with Crippen molar-refractivity contribution in [3.8, 4) is 0 Å². The fourth-order valence-electron chi connectivity index (χ4n) is 5.26. The van der Waals surface area contributed by atoms with E-state index in [0.29, 0.717) is 24.4 Å². The number of amides is 1. The van der Waals surface area contributed by atoms with E-state index in [4.69, 9.17) is 5.73 Å². The van der Waals surface area contributed by atoms with Crippen molar-refractivity contribution in [1.82, 2.24) is 10.2 Å². The summed E-state index contributed by atoms with van der Waals surface area (Å²) in [5.74, 6) is 1.62. The van der Waals surface area contributed by atoms with Gasteiger partial charge in [-0.25, -0.2) is 0 Å². The third kappa shape index (κ3) is 3.69. The topological polar surface area (TPSA) is 75.4 Å². The van der Waals surface area contributed by atoms with Crippen LogP contribution < -0.4 is 11.1 Å². The summed E-state index contributed by atoms with van der Waals surface area (Å²) in [6.45, 7) is 5.22. The van der Waals surface area contributed by atoms with Crippen molar-refractivity contribution in [2.75, 3.05) is 19.6 Å². The summed E-state index contributed by atoms with van der Waals surface area (Å²) in [7, 11) is 0. The third-order valence-electron chi connectivity index (χ3n) is 6.29. The Morgan fingerprint density at radius 3 is 2.62 bits per heavy atom. The van der Waals surface area contributed by atoms with Gasteiger partial charge in [-0.05, 0) is 50.1 Å². The van der Waals surface area contributed by atoms with E-state index in [9.17, 15) is 9.59 Å². The van der Waals surface area contributed by atoms with Gasteiger partial charge in [0.25, 0.3) is 0 Å². The number of benzene rings is 1. The predicted molar refractivity (Wildman–Crippen MR) is 103 cm³/mol. The molecule has 5 heteroatoms. The van der Waals surface area contributed by atoms with Crippen LogP contribution >= 0.6 is 0 Å². The lowest BCUT2D eigenvalue weighted by Gasteiger charge is -2.42. The van der Waals surface area contributed by atoms with E-state index in [1.165, 1.54) is 24.8 Å². The number of aldehydes is 1. The average molecular weight is 357 g/mol. The van der Waals surface area contributed by atoms with Crippen LogP contribution in [0.2, 0.25) is 0 Å². The van der Waals surface area contributed by atoms with Gasteiger partial charge in [0.05, 0.1) is 6.54 Å². The monoisotopic (exact) mass is 357 g/mol. The van der Waals surface area contributed by atoms with Crippen LogP contribution in [-0.4, -0.2) is 48.3 Å². The number of carbonyl (C=O) groups excluding carboxylic acids is 2. The standard InChI is InChI=1S/C21H31N3O2/c1-3-24(13-21(2,14-25)23-18(26)12-22)20-17-10-9-16(11-17)19(20)15-7-5-4-6-8-15/h4-8,14,16-17,19-20H,3,9-13,22H2,1-2H3,(H,23,26)/t16-,17?,19?,20?,21?/m0/s1. The fourth-order valence-corrected chi connectivity index (χ4v) is 5.26. The van der Waals surface area contributed by atoms with Crippen molar-refractivity contribution < 1.29 is 9.59 Å². The second-order valence-corrected chi connectivity index (χ2v) is 8.11. The minimum absolute atomic E-state index is 0.101. The highest BCUT2D eigenvalue weighted by Crippen LogP contribution is 2.54. The first-order valence-electron chi connectivity index (χ1n) is 9.77. The SMILES string of the molecule is CCN(CC(C)(C=O)NC(=O)CN)C1C2CC[C@@H](C2)C1c1ccccc1. The quantitative estimate of drug-likeness (QED) is 0.697. The molecule has 2 saturated carbocycles. The molecule has 2 aliphatic carbocycles. The first-order valence-corrected chi connectivity index (χ1v) is 9.77. The number of nitrogens with two attached hydrogens (primary N) is 1. The zero-order chi connectivity index (χ0) is 18.7. The average Bonchev–Trinajstić information content (AvgIpc) is 3.28. The molecule has 0 aliphatic heterocycles. The van der Waals surface area contributed by atoms with E-state index in [1.54, 1.807) is 6.92 Å². The molecular weight excluding hydrogens is 326 g/mol. The van der Waals surface area contributed by atoms with Gasteiger partial charge >= 0.3 is 0 Å². The second-order valence-electron chi connectivity index (χ2n) is 8.11. The Kier molecular flexibility index (Phi) is 5.78. The zero-order valence-electron chi connectivity index (χ0n) is 15.9. The molecular formula is C21H31N3O2. The summed E-state index contributed by atoms with van der Waals surface area (Å²) in [6, 6.07) is 11.2. The number of nitrogens with one attached hydrogen (secondary N) is 1. The molecule has 1 aromatic rings. The van der Waals surface area contributed by atoms with Crippen molar-refractivity contribution in [2.24, 2.45) is 17.6 Å². The van der Waals surface area contributed by atoms with E-state index in [1.807, 2.05) is 0 Å². The maximum atomic E-state index is 11.8. The van der Waals surface area contributed by atoms with Gasteiger partial charge in [-0.3, -0.25) is 9.69 Å². The van der Waals surface area contributed by atoms with Crippen LogP contribution in [0.3, 0.4) is 0 Å². The van der Waals surface area contributed by atoms with Gasteiger partial charge in [-0.2, -0.15) is 0 Å². The minimum Gasteiger partial charge on any atom is -0.342 e. The second kappa shape index (κ2) is 7.89. The molecule has 1 aromatic carbocycles. The van der Waals surface area contributed by atoms with Crippen LogP contribution in [0.4, 0.5) is 0 Å². The van der Waals surface area contributed by atoms with Gasteiger partial charge in [0.2, 0.25) is 5.91 Å². The predicted octanol–water partition coefficient (Wildman–Crippen LogP) is 1.92. The summed E-state index contributed by atoms with van der Waals surface area (Å²) in [4.78, 5) is 26.0. The van der Waals surface area contributed by atoms with Crippen LogP contribution in [0.15, 0.2) is 30.3 Å². The zero-order valence-corrected chi connectivity index (χ0v) is 15.9. The Morgan fingerprint density at radius 1 is 1.31 bits per heavy atom. The number of nitrogens with zero attached hydrogens (tertiary/aromatic N) is 1. The Labute approximate surface area is 156 Å². The molecule has 0 heterocycles. The van der Waals surface area contributed by atoms with Crippen molar-refractivity contribution >= 4 is 12.2 Å². The number of carbonyl (C=O) groups is 2. The smallest absolute Gasteiger partial charge is 0.234 e. The molecule has 5 atom stereocenters. The first-order chi connectivity index (χ1) is 12.5. The highest BCUT2D eigenvalue weighted by molar-refractivity contribution is 5.83. The lowest BCUT2D eigenvalue weighted by Crippen LogP contribution is -2.59. The molecule has 0 saturated heterocycles. The summed E-state index contributed by atoms with van der Waals surface area (Å²) in [5, 5.41) is 2.81. The Hall–Kier alpha value is -1.72. The van der Waals surface area contributed by atoms with Crippen molar-refractivity contribution in [1.29, 1.82) is 0 Å². The fraction of sp³-hybridized carbons (Fsp3) is 0.619. The Morgan fingerprint density at radius 2 is 2.00 bits per heavy atom. The van der Waals surface area contributed by atoms with Gasteiger partial charge in [0.15, 0.2) is 0 Å². The molecule has 2 fully saturated rings.